The summed E-state index contributed by atoms with van der Waals surface area (Å²) < 4.78 is 17.0. The summed E-state index contributed by atoms with van der Waals surface area (Å²) in [5.41, 5.74) is 1.73. The first-order valence-electron chi connectivity index (χ1n) is 8.70. The predicted molar refractivity (Wildman–Crippen MR) is 105 cm³/mol. The molecule has 0 spiro atoms. The molecule has 9 heteroatoms. The number of carbonyl (C=O) groups is 2. The fourth-order valence-corrected chi connectivity index (χ4v) is 3.20. The van der Waals surface area contributed by atoms with Crippen molar-refractivity contribution in [1.82, 2.24) is 9.78 Å². The number of aryl methyl sites for hydroxylation is 1. The fourth-order valence-electron chi connectivity index (χ4n) is 2.85. The summed E-state index contributed by atoms with van der Waals surface area (Å²) in [7, 11) is 0. The van der Waals surface area contributed by atoms with Crippen molar-refractivity contribution in [3.63, 3.8) is 0 Å². The molecule has 0 aliphatic carbocycles. The Morgan fingerprint density at radius 2 is 1.93 bits per heavy atom. The van der Waals surface area contributed by atoms with Gasteiger partial charge in [0.1, 0.15) is 10.7 Å². The molecule has 1 aromatic heterocycles. The van der Waals surface area contributed by atoms with E-state index in [0.717, 1.165) is 0 Å². The SMILES string of the molecule is Cc1nn(-c2ccccc2)c(Cl)c1C(=O)OCC(=O)Nc1ccc2c(c1)OCO2. The number of fused-ring (bicyclic) bond motifs is 1. The molecule has 3 aromatic rings. The van der Waals surface area contributed by atoms with Crippen LogP contribution in [0.25, 0.3) is 5.69 Å². The van der Waals surface area contributed by atoms with E-state index in [0.29, 0.717) is 28.6 Å². The standard InChI is InChI=1S/C20H16ClN3O5/c1-12-18(19(21)24(23-12)14-5-3-2-4-6-14)20(26)27-10-17(25)22-13-7-8-15-16(9-13)29-11-28-15/h2-9H,10-11H2,1H3,(H,22,25). The molecule has 1 aliphatic heterocycles. The van der Waals surface area contributed by atoms with E-state index < -0.39 is 18.5 Å². The molecule has 0 unspecified atom stereocenters. The van der Waals surface area contributed by atoms with Gasteiger partial charge in [0.25, 0.3) is 5.91 Å². The van der Waals surface area contributed by atoms with Gasteiger partial charge in [-0.2, -0.15) is 5.10 Å². The quantitative estimate of drug-likeness (QED) is 0.645. The summed E-state index contributed by atoms with van der Waals surface area (Å²) in [6.07, 6.45) is 0. The molecule has 29 heavy (non-hydrogen) atoms. The number of benzene rings is 2. The number of nitrogens with one attached hydrogen (secondary N) is 1. The van der Waals surface area contributed by atoms with Gasteiger partial charge in [0.15, 0.2) is 18.1 Å². The number of hydrogen-bond acceptors (Lipinski definition) is 6. The minimum absolute atomic E-state index is 0.117. The van der Waals surface area contributed by atoms with Crippen LogP contribution in [-0.4, -0.2) is 35.1 Å². The summed E-state index contributed by atoms with van der Waals surface area (Å²) in [5, 5.41) is 7.04. The lowest BCUT2D eigenvalue weighted by atomic mass is 10.2. The molecule has 1 amide bonds. The van der Waals surface area contributed by atoms with Gasteiger partial charge >= 0.3 is 5.97 Å². The largest absolute Gasteiger partial charge is 0.454 e. The third-order valence-corrected chi connectivity index (χ3v) is 4.55. The highest BCUT2D eigenvalue weighted by molar-refractivity contribution is 6.33. The Labute approximate surface area is 170 Å². The number of halogens is 1. The van der Waals surface area contributed by atoms with Crippen molar-refractivity contribution in [3.05, 3.63) is 64.9 Å². The number of para-hydroxylation sites is 1. The second kappa shape index (κ2) is 7.84. The monoisotopic (exact) mass is 413 g/mol. The molecule has 0 radical (unpaired) electrons. The van der Waals surface area contributed by atoms with Crippen molar-refractivity contribution < 1.29 is 23.8 Å². The van der Waals surface area contributed by atoms with Gasteiger partial charge in [0.05, 0.1) is 11.4 Å². The average Bonchev–Trinajstić information content (AvgIpc) is 3.30. The highest BCUT2D eigenvalue weighted by atomic mass is 35.5. The van der Waals surface area contributed by atoms with Gasteiger partial charge in [-0.25, -0.2) is 9.48 Å². The maximum absolute atomic E-state index is 12.5. The number of amides is 1. The lowest BCUT2D eigenvalue weighted by molar-refractivity contribution is -0.119. The first kappa shape index (κ1) is 18.8. The summed E-state index contributed by atoms with van der Waals surface area (Å²) in [5.74, 6) is -0.0811. The van der Waals surface area contributed by atoms with Crippen molar-refractivity contribution in [3.8, 4) is 17.2 Å². The summed E-state index contributed by atoms with van der Waals surface area (Å²) in [6.45, 7) is 1.31. The van der Waals surface area contributed by atoms with Crippen LogP contribution in [0.5, 0.6) is 11.5 Å². The normalized spacial score (nSPS) is 11.9. The number of rotatable bonds is 5. The molecular formula is C20H16ClN3O5. The molecule has 1 N–H and O–H groups in total. The topological polar surface area (TPSA) is 91.7 Å². The van der Waals surface area contributed by atoms with Crippen LogP contribution in [0.15, 0.2) is 48.5 Å². The number of ether oxygens (including phenoxy) is 3. The van der Waals surface area contributed by atoms with Gasteiger partial charge in [-0.15, -0.1) is 0 Å². The van der Waals surface area contributed by atoms with Crippen LogP contribution < -0.4 is 14.8 Å². The number of carbonyl (C=O) groups excluding carboxylic acids is 2. The number of nitrogens with zero attached hydrogens (tertiary/aromatic N) is 2. The van der Waals surface area contributed by atoms with Crippen LogP contribution in [0.2, 0.25) is 5.15 Å². The molecule has 0 saturated carbocycles. The summed E-state index contributed by atoms with van der Waals surface area (Å²) >= 11 is 6.33. The van der Waals surface area contributed by atoms with Crippen LogP contribution in [-0.2, 0) is 9.53 Å². The van der Waals surface area contributed by atoms with Crippen molar-refractivity contribution in [2.24, 2.45) is 0 Å². The average molecular weight is 414 g/mol. The third kappa shape index (κ3) is 3.88. The smallest absolute Gasteiger partial charge is 0.343 e. The van der Waals surface area contributed by atoms with Gasteiger partial charge in [0.2, 0.25) is 6.79 Å². The van der Waals surface area contributed by atoms with Gasteiger partial charge in [-0.1, -0.05) is 29.8 Å². The maximum atomic E-state index is 12.5. The number of hydrogen-bond donors (Lipinski definition) is 1. The predicted octanol–water partition coefficient (Wildman–Crippen LogP) is 3.36. The van der Waals surface area contributed by atoms with Crippen LogP contribution in [0.1, 0.15) is 16.1 Å². The first-order chi connectivity index (χ1) is 14.0. The molecule has 0 atom stereocenters. The minimum atomic E-state index is -0.726. The Balaban J connectivity index is 1.41. The zero-order chi connectivity index (χ0) is 20.4. The zero-order valence-corrected chi connectivity index (χ0v) is 16.1. The van der Waals surface area contributed by atoms with Crippen LogP contribution >= 0.6 is 11.6 Å². The van der Waals surface area contributed by atoms with E-state index in [1.54, 1.807) is 25.1 Å². The van der Waals surface area contributed by atoms with Gasteiger partial charge < -0.3 is 19.5 Å². The van der Waals surface area contributed by atoms with Crippen molar-refractivity contribution in [1.29, 1.82) is 0 Å². The minimum Gasteiger partial charge on any atom is -0.454 e. The molecule has 8 nitrogen and oxygen atoms in total. The molecule has 148 valence electrons. The summed E-state index contributed by atoms with van der Waals surface area (Å²) in [4.78, 5) is 24.6. The Kier molecular flexibility index (Phi) is 5.09. The Morgan fingerprint density at radius 1 is 1.17 bits per heavy atom. The molecule has 0 fully saturated rings. The van der Waals surface area contributed by atoms with Crippen molar-refractivity contribution >= 4 is 29.2 Å². The van der Waals surface area contributed by atoms with Gasteiger partial charge in [-0.05, 0) is 31.2 Å². The van der Waals surface area contributed by atoms with E-state index in [2.05, 4.69) is 10.4 Å². The van der Waals surface area contributed by atoms with E-state index in [9.17, 15) is 9.59 Å². The van der Waals surface area contributed by atoms with E-state index in [1.165, 1.54) is 4.68 Å². The lowest BCUT2D eigenvalue weighted by Gasteiger charge is -2.07. The molecule has 0 saturated heterocycles. The molecule has 1 aliphatic rings. The first-order valence-corrected chi connectivity index (χ1v) is 9.08. The highest BCUT2D eigenvalue weighted by Crippen LogP contribution is 2.34. The Bertz CT molecular complexity index is 1080. The molecule has 0 bridgehead atoms. The van der Waals surface area contributed by atoms with Gasteiger partial charge in [-0.3, -0.25) is 4.79 Å². The molecular weight excluding hydrogens is 398 g/mol. The van der Waals surface area contributed by atoms with E-state index in [-0.39, 0.29) is 17.5 Å². The number of anilines is 1. The Morgan fingerprint density at radius 3 is 2.72 bits per heavy atom. The second-order valence-corrected chi connectivity index (χ2v) is 6.55. The fraction of sp³-hybridized carbons (Fsp3) is 0.150. The zero-order valence-electron chi connectivity index (χ0n) is 15.3. The number of esters is 1. The highest BCUT2D eigenvalue weighted by Gasteiger charge is 2.23. The number of aromatic nitrogens is 2. The van der Waals surface area contributed by atoms with Crippen LogP contribution in [0.4, 0.5) is 5.69 Å². The molecule has 2 heterocycles. The van der Waals surface area contributed by atoms with E-state index in [1.807, 2.05) is 30.3 Å². The van der Waals surface area contributed by atoms with Gasteiger partial charge in [0, 0.05) is 11.8 Å². The van der Waals surface area contributed by atoms with Crippen LogP contribution in [0.3, 0.4) is 0 Å². The molecule has 4 rings (SSSR count). The second-order valence-electron chi connectivity index (χ2n) is 6.19. The van der Waals surface area contributed by atoms with E-state index in [4.69, 9.17) is 25.8 Å². The molecule has 2 aromatic carbocycles. The van der Waals surface area contributed by atoms with E-state index >= 15 is 0 Å². The third-order valence-electron chi connectivity index (χ3n) is 4.20. The maximum Gasteiger partial charge on any atom is 0.343 e. The van der Waals surface area contributed by atoms with Crippen LogP contribution in [0, 0.1) is 6.92 Å². The summed E-state index contributed by atoms with van der Waals surface area (Å²) in [6, 6.07) is 14.1. The van der Waals surface area contributed by atoms with Crippen molar-refractivity contribution in [2.75, 3.05) is 18.7 Å². The Hall–Kier alpha value is -3.52. The lowest BCUT2D eigenvalue weighted by Crippen LogP contribution is -2.21. The van der Waals surface area contributed by atoms with Crippen molar-refractivity contribution in [2.45, 2.75) is 6.92 Å².